The molecule has 0 rings (SSSR count). The van der Waals surface area contributed by atoms with Crippen molar-refractivity contribution in [2.45, 2.75) is 232 Å². The number of aliphatic imine (C=N–C) groups is 1. The largest absolute Gasteiger partial charge is 0.382 e. The molecule has 0 saturated carbocycles. The first kappa shape index (κ1) is 49.0. The molecule has 1 amide bonds. The summed E-state index contributed by atoms with van der Waals surface area (Å²) in [5, 5.41) is 13.7. The normalized spacial score (nSPS) is 12.3. The zero-order valence-corrected chi connectivity index (χ0v) is 33.8. The van der Waals surface area contributed by atoms with Crippen molar-refractivity contribution in [1.29, 1.82) is 0 Å². The van der Waals surface area contributed by atoms with E-state index in [0.717, 1.165) is 32.1 Å². The van der Waals surface area contributed by atoms with Crippen LogP contribution in [0, 0.1) is 16.0 Å². The van der Waals surface area contributed by atoms with Gasteiger partial charge in [0.25, 0.3) is 6.54 Å². The summed E-state index contributed by atoms with van der Waals surface area (Å²) in [4.78, 5) is 40.2. The molecule has 51 heavy (non-hydrogen) atoms. The van der Waals surface area contributed by atoms with Gasteiger partial charge in [0.2, 0.25) is 5.91 Å². The molecule has 1 atom stereocenters. The Morgan fingerprint density at radius 2 is 0.980 bits per heavy atom. The van der Waals surface area contributed by atoms with Crippen LogP contribution in [0.25, 0.3) is 0 Å². The molecule has 8 nitrogen and oxygen atoms in total. The summed E-state index contributed by atoms with van der Waals surface area (Å²) in [6.45, 7) is 5.16. The molecule has 0 fully saturated rings. The number of rotatable bonds is 41. The quantitative estimate of drug-likeness (QED) is 0.0214. The standard InChI is InChI=1S/C43H84N4O4/c1-3-5-7-9-11-13-15-16-17-18-19-20-21-22-23-24-26-28-30-35-41(48)38-40(34-31-33-36-45-42(44)39-47(50)51)43(49)46-37-32-29-27-25-14-12-10-8-6-4-2/h40H,3-39H2,1-2H3,(H2,44,45)(H,46,49)/t40-/m1/s1. The van der Waals surface area contributed by atoms with Crippen molar-refractivity contribution in [3.8, 4) is 0 Å². The first-order valence-electron chi connectivity index (χ1n) is 22.1. The van der Waals surface area contributed by atoms with Gasteiger partial charge in [-0.1, -0.05) is 194 Å². The van der Waals surface area contributed by atoms with Crippen LogP contribution >= 0.6 is 0 Å². The number of nitrogens with one attached hydrogen (secondary N) is 1. The van der Waals surface area contributed by atoms with Crippen molar-refractivity contribution in [2.75, 3.05) is 19.6 Å². The van der Waals surface area contributed by atoms with Crippen LogP contribution in [0.2, 0.25) is 0 Å². The molecule has 0 aliphatic heterocycles. The van der Waals surface area contributed by atoms with Crippen molar-refractivity contribution in [3.63, 3.8) is 0 Å². The van der Waals surface area contributed by atoms with Gasteiger partial charge in [-0.15, -0.1) is 0 Å². The maximum atomic E-state index is 13.1. The van der Waals surface area contributed by atoms with Gasteiger partial charge in [0, 0.05) is 36.8 Å². The molecule has 0 saturated heterocycles. The Balaban J connectivity index is 4.12. The number of amides is 1. The van der Waals surface area contributed by atoms with Crippen LogP contribution in [0.3, 0.4) is 0 Å². The molecule has 0 radical (unpaired) electrons. The van der Waals surface area contributed by atoms with Gasteiger partial charge >= 0.3 is 0 Å². The Morgan fingerprint density at radius 3 is 1.39 bits per heavy atom. The summed E-state index contributed by atoms with van der Waals surface area (Å²) >= 11 is 0. The monoisotopic (exact) mass is 721 g/mol. The van der Waals surface area contributed by atoms with Gasteiger partial charge in [0.15, 0.2) is 5.84 Å². The molecule has 0 spiro atoms. The van der Waals surface area contributed by atoms with E-state index in [2.05, 4.69) is 24.2 Å². The first-order valence-corrected chi connectivity index (χ1v) is 22.1. The lowest BCUT2D eigenvalue weighted by Gasteiger charge is -2.16. The Bertz CT molecular complexity index is 835. The minimum atomic E-state index is -0.486. The smallest absolute Gasteiger partial charge is 0.259 e. The molecule has 0 aromatic heterocycles. The number of hydrogen-bond donors (Lipinski definition) is 2. The van der Waals surface area contributed by atoms with Gasteiger partial charge in [-0.2, -0.15) is 0 Å². The molecule has 300 valence electrons. The maximum Gasteiger partial charge on any atom is 0.259 e. The van der Waals surface area contributed by atoms with Crippen molar-refractivity contribution in [2.24, 2.45) is 16.6 Å². The topological polar surface area (TPSA) is 128 Å². The van der Waals surface area contributed by atoms with Crippen LogP contribution < -0.4 is 11.1 Å². The van der Waals surface area contributed by atoms with Crippen molar-refractivity contribution in [1.82, 2.24) is 5.32 Å². The molecular formula is C43H84N4O4. The van der Waals surface area contributed by atoms with Gasteiger partial charge in [-0.05, 0) is 25.7 Å². The van der Waals surface area contributed by atoms with E-state index in [1.165, 1.54) is 161 Å². The van der Waals surface area contributed by atoms with E-state index in [4.69, 9.17) is 5.73 Å². The summed E-state index contributed by atoms with van der Waals surface area (Å²) < 4.78 is 0. The Morgan fingerprint density at radius 1 is 0.588 bits per heavy atom. The van der Waals surface area contributed by atoms with E-state index < -0.39 is 11.5 Å². The second-order valence-electron chi connectivity index (χ2n) is 15.4. The average Bonchev–Trinajstić information content (AvgIpc) is 3.10. The highest BCUT2D eigenvalue weighted by Crippen LogP contribution is 2.18. The summed E-state index contributed by atoms with van der Waals surface area (Å²) in [7, 11) is 0. The molecular weight excluding hydrogens is 636 g/mol. The van der Waals surface area contributed by atoms with Crippen molar-refractivity contribution in [3.05, 3.63) is 10.1 Å². The molecule has 0 aromatic carbocycles. The predicted octanol–water partition coefficient (Wildman–Crippen LogP) is 12.2. The van der Waals surface area contributed by atoms with Gasteiger partial charge in [-0.25, -0.2) is 0 Å². The SMILES string of the molecule is CCCCCCCCCCCCCCCCCCCCCC(=O)C[C@@H](CCCCN=C(N)C[N+](=O)[O-])C(=O)NCCCCCCCCCCCC. The van der Waals surface area contributed by atoms with Gasteiger partial charge < -0.3 is 11.1 Å². The van der Waals surface area contributed by atoms with Crippen LogP contribution in [-0.2, 0) is 9.59 Å². The number of unbranched alkanes of at least 4 members (excludes halogenated alkanes) is 28. The van der Waals surface area contributed by atoms with Crippen LogP contribution in [-0.4, -0.2) is 42.1 Å². The summed E-state index contributed by atoms with van der Waals surface area (Å²) in [5.74, 6) is -0.111. The predicted molar refractivity (Wildman–Crippen MR) is 218 cm³/mol. The third-order valence-electron chi connectivity index (χ3n) is 10.3. The van der Waals surface area contributed by atoms with Gasteiger partial charge in [-0.3, -0.25) is 24.7 Å². The third-order valence-corrected chi connectivity index (χ3v) is 10.3. The highest BCUT2D eigenvalue weighted by atomic mass is 16.6. The van der Waals surface area contributed by atoms with Crippen LogP contribution in [0.4, 0.5) is 0 Å². The maximum absolute atomic E-state index is 13.1. The highest BCUT2D eigenvalue weighted by molar-refractivity contribution is 5.86. The van der Waals surface area contributed by atoms with Gasteiger partial charge in [0.1, 0.15) is 5.78 Å². The molecule has 8 heteroatoms. The van der Waals surface area contributed by atoms with E-state index in [1.807, 2.05) is 0 Å². The third kappa shape index (κ3) is 37.6. The van der Waals surface area contributed by atoms with Gasteiger partial charge in [0.05, 0.1) is 0 Å². The number of amidine groups is 1. The highest BCUT2D eigenvalue weighted by Gasteiger charge is 2.21. The second kappa shape index (κ2) is 39.2. The molecule has 0 bridgehead atoms. The Labute approximate surface area is 315 Å². The van der Waals surface area contributed by atoms with Crippen LogP contribution in [0.15, 0.2) is 4.99 Å². The number of Topliss-reactive ketones (excluding diaryl/α,β-unsaturated/α-hetero) is 1. The molecule has 3 N–H and O–H groups in total. The van der Waals surface area contributed by atoms with E-state index in [0.29, 0.717) is 38.8 Å². The minimum Gasteiger partial charge on any atom is -0.382 e. The Kier molecular flexibility index (Phi) is 37.7. The number of ketones is 1. The zero-order valence-electron chi connectivity index (χ0n) is 33.8. The number of hydrogen-bond acceptors (Lipinski definition) is 5. The molecule has 0 aromatic rings. The van der Waals surface area contributed by atoms with E-state index in [1.54, 1.807) is 0 Å². The fourth-order valence-corrected chi connectivity index (χ4v) is 6.98. The number of carbonyl (C=O) groups excluding carboxylic acids is 2. The molecule has 0 unspecified atom stereocenters. The lowest BCUT2D eigenvalue weighted by atomic mass is 9.93. The van der Waals surface area contributed by atoms with Crippen LogP contribution in [0.1, 0.15) is 232 Å². The fraction of sp³-hybridized carbons (Fsp3) is 0.930. The minimum absolute atomic E-state index is 0.0104. The number of nitrogens with two attached hydrogens (primary N) is 1. The average molecular weight is 721 g/mol. The van der Waals surface area contributed by atoms with Crippen molar-refractivity contribution < 1.29 is 14.5 Å². The van der Waals surface area contributed by atoms with E-state index in [-0.39, 0.29) is 23.4 Å². The summed E-state index contributed by atoms with van der Waals surface area (Å²) in [6.07, 6.45) is 40.8. The number of nitro groups is 1. The summed E-state index contributed by atoms with van der Waals surface area (Å²) in [6, 6.07) is 0. The fourth-order valence-electron chi connectivity index (χ4n) is 6.98. The second-order valence-corrected chi connectivity index (χ2v) is 15.4. The number of nitrogens with zero attached hydrogens (tertiary/aromatic N) is 2. The lowest BCUT2D eigenvalue weighted by molar-refractivity contribution is -0.463. The van der Waals surface area contributed by atoms with Crippen molar-refractivity contribution >= 4 is 17.5 Å². The zero-order chi connectivity index (χ0) is 37.5. The molecule has 0 heterocycles. The molecule has 0 aliphatic carbocycles. The first-order chi connectivity index (χ1) is 24.9. The summed E-state index contributed by atoms with van der Waals surface area (Å²) in [5.41, 5.74) is 5.60. The lowest BCUT2D eigenvalue weighted by Crippen LogP contribution is -2.33. The Hall–Kier alpha value is -1.99. The molecule has 0 aliphatic rings. The van der Waals surface area contributed by atoms with E-state index in [9.17, 15) is 19.7 Å². The number of carbonyl (C=O) groups is 2. The van der Waals surface area contributed by atoms with E-state index >= 15 is 0 Å². The van der Waals surface area contributed by atoms with Crippen LogP contribution in [0.5, 0.6) is 0 Å².